The number of nitrogens with zero attached hydrogens (tertiary/aromatic N) is 7. The number of benzene rings is 3. The minimum atomic E-state index is -0.331. The van der Waals surface area contributed by atoms with Crippen molar-refractivity contribution in [2.45, 2.75) is 127 Å². The average Bonchev–Trinajstić information content (AvgIpc) is 3.68. The molecule has 0 bridgehead atoms. The Hall–Kier alpha value is -5.71. The molecule has 2 saturated carbocycles. The third-order valence-corrected chi connectivity index (χ3v) is 13.8. The van der Waals surface area contributed by atoms with Gasteiger partial charge in [-0.15, -0.1) is 10.2 Å². The van der Waals surface area contributed by atoms with Gasteiger partial charge in [-0.3, -0.25) is 9.69 Å². The molecule has 4 heterocycles. The van der Waals surface area contributed by atoms with Crippen LogP contribution < -0.4 is 19.9 Å². The molecule has 3 fully saturated rings. The van der Waals surface area contributed by atoms with Gasteiger partial charge in [0.25, 0.3) is 5.91 Å². The molecule has 13 nitrogen and oxygen atoms in total. The summed E-state index contributed by atoms with van der Waals surface area (Å²) < 4.78 is 20.7. The Morgan fingerprint density at radius 1 is 0.889 bits per heavy atom. The molecular weight excluding hydrogens is 816 g/mol. The quantitative estimate of drug-likeness (QED) is 0.144. The highest BCUT2D eigenvalue weighted by Gasteiger charge is 2.35. The first-order valence-electron chi connectivity index (χ1n) is 22.6. The molecule has 2 aliphatic carbocycles. The van der Waals surface area contributed by atoms with E-state index in [0.29, 0.717) is 22.0 Å². The number of aryl methyl sites for hydroxylation is 1. The highest BCUT2D eigenvalue weighted by Crippen LogP contribution is 2.41. The van der Waals surface area contributed by atoms with Crippen LogP contribution in [0.1, 0.15) is 117 Å². The molecule has 3 aromatic carbocycles. The monoisotopic (exact) mass is 870 g/mol. The van der Waals surface area contributed by atoms with Gasteiger partial charge in [-0.1, -0.05) is 41.9 Å². The topological polar surface area (TPSA) is 148 Å². The van der Waals surface area contributed by atoms with E-state index >= 15 is 0 Å². The predicted molar refractivity (Wildman–Crippen MR) is 242 cm³/mol. The maximum Gasteiger partial charge on any atom is 0.414 e. The van der Waals surface area contributed by atoms with Gasteiger partial charge in [-0.05, 0) is 126 Å². The Bertz CT molecular complexity index is 2460. The summed E-state index contributed by atoms with van der Waals surface area (Å²) in [6, 6.07) is 26.0. The lowest BCUT2D eigenvalue weighted by Crippen LogP contribution is -2.42. The van der Waals surface area contributed by atoms with E-state index in [-0.39, 0.29) is 48.4 Å². The van der Waals surface area contributed by atoms with Gasteiger partial charge in [0.2, 0.25) is 0 Å². The van der Waals surface area contributed by atoms with Crippen molar-refractivity contribution < 1.29 is 23.8 Å². The summed E-state index contributed by atoms with van der Waals surface area (Å²) in [5.41, 5.74) is 6.10. The van der Waals surface area contributed by atoms with Gasteiger partial charge in [-0.25, -0.2) is 9.78 Å². The minimum absolute atomic E-state index is 0.0242. The van der Waals surface area contributed by atoms with Crippen LogP contribution in [0.4, 0.5) is 16.3 Å². The third kappa shape index (κ3) is 9.34. The number of halogens is 1. The van der Waals surface area contributed by atoms with Crippen molar-refractivity contribution in [2.24, 2.45) is 0 Å². The van der Waals surface area contributed by atoms with Gasteiger partial charge in [0.05, 0.1) is 52.7 Å². The normalized spacial score (nSPS) is 22.9. The van der Waals surface area contributed by atoms with Crippen LogP contribution in [-0.2, 0) is 22.3 Å². The Kier molecular flexibility index (Phi) is 12.8. The fourth-order valence-electron chi connectivity index (χ4n) is 10.2. The number of carbonyl (C=O) groups is 2. The van der Waals surface area contributed by atoms with E-state index in [9.17, 15) is 9.59 Å². The number of hydrogen-bond acceptors (Lipinski definition) is 10. The molecule has 1 saturated heterocycles. The SMILES string of the molecule is COC(=O)N1c2ccc3c(nc(Cc4ccccc4)n3[C@@H]3CCC[C@H](OC4CCN(c5ccc(C(=O)NC6CCC(Oc7ccc(C#N)c(Cl)c7)CC6)nn5)CC4)C3)c2CC[C@@H]1C. The Morgan fingerprint density at radius 3 is 2.43 bits per heavy atom. The molecule has 5 aromatic rings. The summed E-state index contributed by atoms with van der Waals surface area (Å²) in [6.45, 7) is 3.69. The molecule has 3 atom stereocenters. The average molecular weight is 871 g/mol. The molecule has 2 amide bonds. The lowest BCUT2D eigenvalue weighted by Gasteiger charge is -2.37. The first-order valence-corrected chi connectivity index (χ1v) is 23.0. The number of ether oxygens (including phenoxy) is 3. The van der Waals surface area contributed by atoms with Crippen molar-refractivity contribution >= 4 is 46.1 Å². The summed E-state index contributed by atoms with van der Waals surface area (Å²) in [5.74, 6) is 2.26. The van der Waals surface area contributed by atoms with Crippen LogP contribution >= 0.6 is 11.6 Å². The molecule has 2 aromatic heterocycles. The first-order chi connectivity index (χ1) is 30.7. The second-order valence-electron chi connectivity index (χ2n) is 17.6. The molecule has 1 N–H and O–H groups in total. The number of nitriles is 1. The third-order valence-electron chi connectivity index (χ3n) is 13.5. The van der Waals surface area contributed by atoms with Crippen LogP contribution in [0.15, 0.2) is 72.8 Å². The molecule has 2 aliphatic heterocycles. The van der Waals surface area contributed by atoms with E-state index in [1.807, 2.05) is 12.1 Å². The fraction of sp³-hybridized carbons (Fsp3) is 0.469. The van der Waals surface area contributed by atoms with Crippen LogP contribution in [0.2, 0.25) is 5.02 Å². The fourth-order valence-corrected chi connectivity index (χ4v) is 10.4. The van der Waals surface area contributed by atoms with Crippen LogP contribution in [0.25, 0.3) is 11.0 Å². The van der Waals surface area contributed by atoms with Crippen LogP contribution in [0, 0.1) is 11.3 Å². The standard InChI is InChI=1S/C49H55ClN8O5/c1-31-11-18-40-43(57(31)49(60)61-2)20-21-44-47(40)53-46(27-32-7-4-3-5-8-32)58(44)35-9-6-10-38(28-35)63-37-23-25-56(26-24-37)45-22-19-42(54-55-45)48(59)52-34-13-16-36(17-14-34)62-39-15-12-33(30-51)41(50)29-39/h3-5,7-8,12,15,19-22,29,31,34-38H,6,9-11,13-14,16-18,23-28H2,1-2H3,(H,52,59)/t31-,34?,35+,36?,38-/m0/s1. The number of anilines is 2. The van der Waals surface area contributed by atoms with Crippen LogP contribution in [-0.4, -0.2) is 82.3 Å². The molecule has 0 spiro atoms. The van der Waals surface area contributed by atoms with Crippen molar-refractivity contribution in [3.05, 3.63) is 106 Å². The highest BCUT2D eigenvalue weighted by atomic mass is 35.5. The van der Waals surface area contributed by atoms with E-state index in [1.54, 1.807) is 29.2 Å². The van der Waals surface area contributed by atoms with Crippen LogP contribution in [0.3, 0.4) is 0 Å². The Labute approximate surface area is 373 Å². The summed E-state index contributed by atoms with van der Waals surface area (Å²) in [5, 5.41) is 21.4. The van der Waals surface area contributed by atoms with Gasteiger partial charge in [-0.2, -0.15) is 5.26 Å². The number of carbonyl (C=O) groups excluding carboxylic acids is 2. The molecule has 63 heavy (non-hydrogen) atoms. The van der Waals surface area contributed by atoms with Crippen LogP contribution in [0.5, 0.6) is 5.75 Å². The smallest absolute Gasteiger partial charge is 0.414 e. The largest absolute Gasteiger partial charge is 0.490 e. The molecule has 4 aliphatic rings. The lowest BCUT2D eigenvalue weighted by atomic mass is 9.91. The number of hydrogen-bond donors (Lipinski definition) is 1. The van der Waals surface area contributed by atoms with E-state index in [0.717, 1.165) is 130 Å². The minimum Gasteiger partial charge on any atom is -0.490 e. The van der Waals surface area contributed by atoms with Gasteiger partial charge in [0.1, 0.15) is 17.6 Å². The van der Waals surface area contributed by atoms with E-state index < -0.39 is 0 Å². The lowest BCUT2D eigenvalue weighted by molar-refractivity contribution is -0.0477. The summed E-state index contributed by atoms with van der Waals surface area (Å²) in [4.78, 5) is 35.4. The first kappa shape index (κ1) is 42.6. The zero-order chi connectivity index (χ0) is 43.5. The predicted octanol–water partition coefficient (Wildman–Crippen LogP) is 9.14. The van der Waals surface area contributed by atoms with Gasteiger partial charge < -0.3 is 29.0 Å². The van der Waals surface area contributed by atoms with Gasteiger partial charge in [0.15, 0.2) is 11.5 Å². The second-order valence-corrected chi connectivity index (χ2v) is 18.0. The maximum atomic E-state index is 13.1. The molecule has 328 valence electrons. The number of aromatic nitrogens is 4. The highest BCUT2D eigenvalue weighted by molar-refractivity contribution is 6.31. The number of fused-ring (bicyclic) bond motifs is 3. The van der Waals surface area contributed by atoms with Crippen molar-refractivity contribution in [1.29, 1.82) is 5.26 Å². The zero-order valence-electron chi connectivity index (χ0n) is 36.0. The summed E-state index contributed by atoms with van der Waals surface area (Å²) >= 11 is 6.18. The number of nitrogens with one attached hydrogen (secondary N) is 1. The zero-order valence-corrected chi connectivity index (χ0v) is 36.8. The molecule has 0 radical (unpaired) electrons. The number of rotatable bonds is 10. The Morgan fingerprint density at radius 2 is 1.70 bits per heavy atom. The molecule has 9 rings (SSSR count). The van der Waals surface area contributed by atoms with E-state index in [2.05, 4.69) is 74.4 Å². The number of imidazole rings is 1. The van der Waals surface area contributed by atoms with Crippen molar-refractivity contribution in [1.82, 2.24) is 25.1 Å². The van der Waals surface area contributed by atoms with Crippen molar-refractivity contribution in [3.63, 3.8) is 0 Å². The molecule has 14 heteroatoms. The molecule has 0 unspecified atom stereocenters. The number of amides is 2. The molecular formula is C49H55ClN8O5. The van der Waals surface area contributed by atoms with E-state index in [1.165, 1.54) is 12.7 Å². The second kappa shape index (κ2) is 19.0. The summed E-state index contributed by atoms with van der Waals surface area (Å²) in [6.07, 6.45) is 11.5. The summed E-state index contributed by atoms with van der Waals surface area (Å²) in [7, 11) is 1.45. The Balaban J connectivity index is 0.792. The number of methoxy groups -OCH3 is 1. The van der Waals surface area contributed by atoms with Crippen molar-refractivity contribution in [3.8, 4) is 11.8 Å². The maximum absolute atomic E-state index is 13.1. The van der Waals surface area contributed by atoms with E-state index in [4.69, 9.17) is 36.1 Å². The van der Waals surface area contributed by atoms with Gasteiger partial charge in [0, 0.05) is 49.3 Å². The van der Waals surface area contributed by atoms with Gasteiger partial charge >= 0.3 is 6.09 Å². The van der Waals surface area contributed by atoms with Crippen molar-refractivity contribution in [2.75, 3.05) is 30.0 Å². The number of piperidine rings is 1.